The second-order valence-electron chi connectivity index (χ2n) is 5.58. The van der Waals surface area contributed by atoms with Gasteiger partial charge >= 0.3 is 0 Å². The van der Waals surface area contributed by atoms with Gasteiger partial charge in [0.25, 0.3) is 5.56 Å². The fourth-order valence-electron chi connectivity index (χ4n) is 2.89. The highest BCUT2D eigenvalue weighted by molar-refractivity contribution is 9.10. The van der Waals surface area contributed by atoms with Crippen molar-refractivity contribution in [2.75, 3.05) is 0 Å². The number of aryl methyl sites for hydroxylation is 1. The van der Waals surface area contributed by atoms with Crippen LogP contribution in [-0.4, -0.2) is 9.97 Å². The molecule has 0 spiro atoms. The number of aromatic nitrogens is 2. The largest absolute Gasteiger partial charge is 0.306 e. The highest BCUT2D eigenvalue weighted by Crippen LogP contribution is 2.36. The summed E-state index contributed by atoms with van der Waals surface area (Å²) in [6.45, 7) is 2.04. The maximum Gasteiger partial charge on any atom is 0.265 e. The molecule has 1 saturated carbocycles. The number of benzene rings is 1. The average molecular weight is 412 g/mol. The van der Waals surface area contributed by atoms with Crippen LogP contribution >= 0.6 is 31.9 Å². The number of halogens is 2. The molecule has 0 radical (unpaired) electrons. The van der Waals surface area contributed by atoms with Gasteiger partial charge in [-0.05, 0) is 53.4 Å². The first-order chi connectivity index (χ1) is 10.1. The molecule has 1 aliphatic rings. The predicted octanol–water partition coefficient (Wildman–Crippen LogP) is 4.93. The smallest absolute Gasteiger partial charge is 0.265 e. The highest BCUT2D eigenvalue weighted by Gasteiger charge is 2.23. The lowest BCUT2D eigenvalue weighted by molar-refractivity contribution is 0.688. The van der Waals surface area contributed by atoms with Crippen molar-refractivity contribution in [3.63, 3.8) is 0 Å². The van der Waals surface area contributed by atoms with E-state index in [1.54, 1.807) is 0 Å². The summed E-state index contributed by atoms with van der Waals surface area (Å²) in [4.78, 5) is 19.8. The van der Waals surface area contributed by atoms with E-state index in [4.69, 9.17) is 4.98 Å². The third kappa shape index (κ3) is 2.99. The second kappa shape index (κ2) is 6.05. The van der Waals surface area contributed by atoms with Crippen molar-refractivity contribution in [1.29, 1.82) is 0 Å². The summed E-state index contributed by atoms with van der Waals surface area (Å²) in [7, 11) is 0. The Morgan fingerprint density at radius 3 is 2.62 bits per heavy atom. The summed E-state index contributed by atoms with van der Waals surface area (Å²) in [6, 6.07) is 6.05. The van der Waals surface area contributed by atoms with Crippen molar-refractivity contribution in [1.82, 2.24) is 9.97 Å². The molecule has 3 rings (SSSR count). The zero-order valence-corrected chi connectivity index (χ0v) is 14.9. The second-order valence-corrected chi connectivity index (χ2v) is 7.23. The molecule has 0 amide bonds. The Bertz CT molecular complexity index is 734. The summed E-state index contributed by atoms with van der Waals surface area (Å²) in [5, 5.41) is 0. The summed E-state index contributed by atoms with van der Waals surface area (Å²) in [6.07, 6.45) is 4.66. The normalized spacial score (nSPS) is 15.6. The quantitative estimate of drug-likeness (QED) is 0.761. The first kappa shape index (κ1) is 15.0. The van der Waals surface area contributed by atoms with E-state index in [-0.39, 0.29) is 5.56 Å². The van der Waals surface area contributed by atoms with Gasteiger partial charge in [0, 0.05) is 16.0 Å². The first-order valence-corrected chi connectivity index (χ1v) is 8.71. The van der Waals surface area contributed by atoms with Gasteiger partial charge in [-0.1, -0.05) is 34.8 Å². The van der Waals surface area contributed by atoms with Crippen LogP contribution in [0.3, 0.4) is 0 Å². The van der Waals surface area contributed by atoms with Gasteiger partial charge in [-0.15, -0.1) is 0 Å². The van der Waals surface area contributed by atoms with Crippen molar-refractivity contribution in [2.45, 2.75) is 38.5 Å². The van der Waals surface area contributed by atoms with Crippen LogP contribution in [0.1, 0.15) is 42.9 Å². The topological polar surface area (TPSA) is 45.8 Å². The lowest BCUT2D eigenvalue weighted by atomic mass is 10.0. The molecule has 0 saturated heterocycles. The molecule has 5 heteroatoms. The van der Waals surface area contributed by atoms with E-state index in [0.29, 0.717) is 16.2 Å². The summed E-state index contributed by atoms with van der Waals surface area (Å²) in [5.74, 6) is 1.03. The van der Waals surface area contributed by atoms with Crippen LogP contribution in [0, 0.1) is 6.92 Å². The summed E-state index contributed by atoms with van der Waals surface area (Å²) >= 11 is 6.97. The molecule has 2 aromatic rings. The van der Waals surface area contributed by atoms with Crippen LogP contribution in [0.15, 0.2) is 31.9 Å². The molecular weight excluding hydrogens is 396 g/mol. The minimum Gasteiger partial charge on any atom is -0.306 e. The average Bonchev–Trinajstić information content (AvgIpc) is 2.96. The Labute approximate surface area is 140 Å². The van der Waals surface area contributed by atoms with E-state index in [1.165, 1.54) is 18.4 Å². The van der Waals surface area contributed by atoms with Crippen molar-refractivity contribution in [2.24, 2.45) is 0 Å². The van der Waals surface area contributed by atoms with Gasteiger partial charge in [0.05, 0.1) is 5.69 Å². The Morgan fingerprint density at radius 1 is 1.24 bits per heavy atom. The standard InChI is InChI=1S/C16H16Br2N2O/c1-9-6-7-11(12(17)8-9)15-19-14(10-4-2-3-5-10)13(18)16(21)20-15/h6-8,10H,2-5H2,1H3,(H,19,20,21). The third-order valence-electron chi connectivity index (χ3n) is 4.01. The molecule has 0 atom stereocenters. The molecule has 1 N–H and O–H groups in total. The lowest BCUT2D eigenvalue weighted by Crippen LogP contribution is -2.15. The maximum absolute atomic E-state index is 12.2. The number of rotatable bonds is 2. The van der Waals surface area contributed by atoms with Crippen LogP contribution in [0.5, 0.6) is 0 Å². The van der Waals surface area contributed by atoms with Crippen LogP contribution in [0.4, 0.5) is 0 Å². The van der Waals surface area contributed by atoms with Crippen molar-refractivity contribution in [3.8, 4) is 11.4 Å². The Balaban J connectivity index is 2.13. The molecule has 1 aliphatic carbocycles. The third-order valence-corrected chi connectivity index (χ3v) is 5.43. The number of hydrogen-bond donors (Lipinski definition) is 1. The van der Waals surface area contributed by atoms with Crippen molar-refractivity contribution < 1.29 is 0 Å². The molecule has 1 aromatic heterocycles. The number of nitrogens with zero attached hydrogens (tertiary/aromatic N) is 1. The Morgan fingerprint density at radius 2 is 1.95 bits per heavy atom. The van der Waals surface area contributed by atoms with Crippen LogP contribution in [0.25, 0.3) is 11.4 Å². The minimum atomic E-state index is -0.102. The van der Waals surface area contributed by atoms with E-state index in [2.05, 4.69) is 36.8 Å². The van der Waals surface area contributed by atoms with Gasteiger partial charge in [-0.25, -0.2) is 4.98 Å². The summed E-state index contributed by atoms with van der Waals surface area (Å²) < 4.78 is 1.53. The van der Waals surface area contributed by atoms with E-state index in [9.17, 15) is 4.79 Å². The molecule has 21 heavy (non-hydrogen) atoms. The van der Waals surface area contributed by atoms with Gasteiger partial charge < -0.3 is 4.98 Å². The zero-order chi connectivity index (χ0) is 15.0. The van der Waals surface area contributed by atoms with Crippen LogP contribution in [-0.2, 0) is 0 Å². The first-order valence-electron chi connectivity index (χ1n) is 7.12. The van der Waals surface area contributed by atoms with Gasteiger partial charge in [0.1, 0.15) is 10.3 Å². The Kier molecular flexibility index (Phi) is 4.31. The van der Waals surface area contributed by atoms with Crippen molar-refractivity contribution >= 4 is 31.9 Å². The van der Waals surface area contributed by atoms with E-state index in [1.807, 2.05) is 25.1 Å². The fraction of sp³-hybridized carbons (Fsp3) is 0.375. The zero-order valence-electron chi connectivity index (χ0n) is 11.7. The van der Waals surface area contributed by atoms with Crippen molar-refractivity contribution in [3.05, 3.63) is 48.8 Å². The highest BCUT2D eigenvalue weighted by atomic mass is 79.9. The fourth-order valence-corrected chi connectivity index (χ4v) is 4.08. The molecule has 1 fully saturated rings. The van der Waals surface area contributed by atoms with Crippen LogP contribution in [0.2, 0.25) is 0 Å². The molecule has 0 bridgehead atoms. The predicted molar refractivity (Wildman–Crippen MR) is 91.6 cm³/mol. The molecule has 3 nitrogen and oxygen atoms in total. The van der Waals surface area contributed by atoms with E-state index >= 15 is 0 Å². The Hall–Kier alpha value is -0.940. The maximum atomic E-state index is 12.2. The van der Waals surface area contributed by atoms with Gasteiger partial charge in [-0.2, -0.15) is 0 Å². The molecule has 0 aliphatic heterocycles. The number of H-pyrrole nitrogens is 1. The monoisotopic (exact) mass is 410 g/mol. The molecular formula is C16H16Br2N2O. The number of hydrogen-bond acceptors (Lipinski definition) is 2. The SMILES string of the molecule is Cc1ccc(-c2nc(C3CCCC3)c(Br)c(=O)[nH]2)c(Br)c1. The number of nitrogens with one attached hydrogen (secondary N) is 1. The van der Waals surface area contributed by atoms with Crippen LogP contribution < -0.4 is 5.56 Å². The van der Waals surface area contributed by atoms with E-state index < -0.39 is 0 Å². The van der Waals surface area contributed by atoms with Gasteiger partial charge in [-0.3, -0.25) is 4.79 Å². The summed E-state index contributed by atoms with van der Waals surface area (Å²) in [5.41, 5.74) is 2.89. The molecule has 0 unspecified atom stereocenters. The number of aromatic amines is 1. The lowest BCUT2D eigenvalue weighted by Gasteiger charge is -2.13. The van der Waals surface area contributed by atoms with Gasteiger partial charge in [0.15, 0.2) is 0 Å². The van der Waals surface area contributed by atoms with E-state index in [0.717, 1.165) is 28.6 Å². The van der Waals surface area contributed by atoms with Gasteiger partial charge in [0.2, 0.25) is 0 Å². The molecule has 110 valence electrons. The minimum absolute atomic E-state index is 0.102. The molecule has 1 heterocycles. The molecule has 1 aromatic carbocycles.